The number of halogens is 1. The van der Waals surface area contributed by atoms with Gasteiger partial charge in [-0.25, -0.2) is 4.68 Å². The van der Waals surface area contributed by atoms with Crippen LogP contribution in [0.4, 0.5) is 5.69 Å². The highest BCUT2D eigenvalue weighted by molar-refractivity contribution is 6.33. The maximum atomic E-state index is 12.2. The molecule has 0 fully saturated rings. The van der Waals surface area contributed by atoms with Crippen LogP contribution >= 0.6 is 11.6 Å². The van der Waals surface area contributed by atoms with E-state index in [1.54, 1.807) is 11.8 Å². The van der Waals surface area contributed by atoms with Gasteiger partial charge in [0.05, 0.1) is 11.2 Å². The standard InChI is InChI=1S/C14H19ClN4O2/c1-5-8-19-14(21)12(11(15)9-16-19)17-10(4)13(20)18(6-2)7-3/h1,9-10,17H,6-8H2,2-4H3. The first-order valence-corrected chi connectivity index (χ1v) is 7.08. The van der Waals surface area contributed by atoms with Crippen LogP contribution in [-0.2, 0) is 11.3 Å². The molecule has 1 N–H and O–H groups in total. The summed E-state index contributed by atoms with van der Waals surface area (Å²) < 4.78 is 1.11. The lowest BCUT2D eigenvalue weighted by molar-refractivity contribution is -0.131. The summed E-state index contributed by atoms with van der Waals surface area (Å²) in [6.07, 6.45) is 6.51. The summed E-state index contributed by atoms with van der Waals surface area (Å²) in [6, 6.07) is -0.572. The van der Waals surface area contributed by atoms with E-state index in [1.807, 2.05) is 13.8 Å². The van der Waals surface area contributed by atoms with Crippen LogP contribution in [0.25, 0.3) is 0 Å². The number of terminal acetylenes is 1. The predicted octanol–water partition coefficient (Wildman–Crippen LogP) is 1.20. The topological polar surface area (TPSA) is 67.2 Å². The first-order chi connectivity index (χ1) is 9.96. The molecule has 1 aromatic rings. The third-order valence-electron chi connectivity index (χ3n) is 3.05. The molecule has 0 saturated heterocycles. The van der Waals surface area contributed by atoms with Gasteiger partial charge in [-0.05, 0) is 20.8 Å². The van der Waals surface area contributed by atoms with Gasteiger partial charge in [0.15, 0.2) is 0 Å². The van der Waals surface area contributed by atoms with Crippen molar-refractivity contribution in [1.82, 2.24) is 14.7 Å². The van der Waals surface area contributed by atoms with Crippen LogP contribution in [0.1, 0.15) is 20.8 Å². The van der Waals surface area contributed by atoms with Gasteiger partial charge in [-0.3, -0.25) is 9.59 Å². The average Bonchev–Trinajstić information content (AvgIpc) is 2.47. The Morgan fingerprint density at radius 3 is 2.71 bits per heavy atom. The first-order valence-electron chi connectivity index (χ1n) is 6.70. The summed E-state index contributed by atoms with van der Waals surface area (Å²) in [6.45, 7) is 6.73. The van der Waals surface area contributed by atoms with Crippen molar-refractivity contribution in [2.75, 3.05) is 18.4 Å². The highest BCUT2D eigenvalue weighted by atomic mass is 35.5. The third-order valence-corrected chi connectivity index (χ3v) is 3.33. The molecular formula is C14H19ClN4O2. The minimum atomic E-state index is -0.572. The summed E-state index contributed by atoms with van der Waals surface area (Å²) in [5.74, 6) is 2.24. The molecule has 1 heterocycles. The van der Waals surface area contributed by atoms with Crippen molar-refractivity contribution in [3.8, 4) is 12.3 Å². The van der Waals surface area contributed by atoms with E-state index in [4.69, 9.17) is 18.0 Å². The molecule has 21 heavy (non-hydrogen) atoms. The summed E-state index contributed by atoms with van der Waals surface area (Å²) in [5, 5.41) is 6.86. The van der Waals surface area contributed by atoms with Crippen molar-refractivity contribution < 1.29 is 4.79 Å². The van der Waals surface area contributed by atoms with Crippen LogP contribution in [-0.4, -0.2) is 39.7 Å². The molecule has 0 saturated carbocycles. The molecule has 114 valence electrons. The number of nitrogens with zero attached hydrogens (tertiary/aromatic N) is 3. The number of carbonyl (C=O) groups excluding carboxylic acids is 1. The lowest BCUT2D eigenvalue weighted by Gasteiger charge is -2.24. The van der Waals surface area contributed by atoms with Crippen molar-refractivity contribution in [2.45, 2.75) is 33.4 Å². The van der Waals surface area contributed by atoms with Crippen LogP contribution in [0.2, 0.25) is 5.02 Å². The molecule has 0 aromatic carbocycles. The fourth-order valence-corrected chi connectivity index (χ4v) is 2.06. The number of carbonyl (C=O) groups is 1. The molecule has 0 spiro atoms. The molecule has 1 aromatic heterocycles. The zero-order valence-electron chi connectivity index (χ0n) is 12.4. The fourth-order valence-electron chi connectivity index (χ4n) is 1.89. The van der Waals surface area contributed by atoms with Crippen molar-refractivity contribution in [1.29, 1.82) is 0 Å². The van der Waals surface area contributed by atoms with Crippen molar-refractivity contribution in [2.24, 2.45) is 0 Å². The zero-order chi connectivity index (χ0) is 16.0. The second kappa shape index (κ2) is 7.70. The molecule has 0 aliphatic heterocycles. The van der Waals surface area contributed by atoms with Crippen LogP contribution in [0.5, 0.6) is 0 Å². The highest BCUT2D eigenvalue weighted by Gasteiger charge is 2.20. The fraction of sp³-hybridized carbons (Fsp3) is 0.500. The zero-order valence-corrected chi connectivity index (χ0v) is 13.1. The number of hydrogen-bond donors (Lipinski definition) is 1. The Bertz CT molecular complexity index is 602. The van der Waals surface area contributed by atoms with Crippen molar-refractivity contribution >= 4 is 23.2 Å². The summed E-state index contributed by atoms with van der Waals surface area (Å²) in [4.78, 5) is 26.1. The summed E-state index contributed by atoms with van der Waals surface area (Å²) >= 11 is 5.98. The van der Waals surface area contributed by atoms with Crippen LogP contribution < -0.4 is 10.9 Å². The average molecular weight is 311 g/mol. The molecule has 6 nitrogen and oxygen atoms in total. The molecule has 1 unspecified atom stereocenters. The number of anilines is 1. The van der Waals surface area contributed by atoms with Gasteiger partial charge in [0, 0.05) is 13.1 Å². The van der Waals surface area contributed by atoms with Crippen LogP contribution in [0, 0.1) is 12.3 Å². The van der Waals surface area contributed by atoms with E-state index < -0.39 is 11.6 Å². The SMILES string of the molecule is C#CCn1ncc(Cl)c(NC(C)C(=O)N(CC)CC)c1=O. The van der Waals surface area contributed by atoms with Crippen molar-refractivity contribution in [3.63, 3.8) is 0 Å². The molecular weight excluding hydrogens is 292 g/mol. The number of amides is 1. The summed E-state index contributed by atoms with van der Waals surface area (Å²) in [7, 11) is 0. The summed E-state index contributed by atoms with van der Waals surface area (Å²) in [5.41, 5.74) is -0.311. The monoisotopic (exact) mass is 310 g/mol. The second-order valence-corrected chi connectivity index (χ2v) is 4.82. The van der Waals surface area contributed by atoms with E-state index in [1.165, 1.54) is 6.20 Å². The van der Waals surface area contributed by atoms with Gasteiger partial charge in [0.1, 0.15) is 18.3 Å². The minimum absolute atomic E-state index is 0.0447. The van der Waals surface area contributed by atoms with Gasteiger partial charge in [-0.15, -0.1) is 6.42 Å². The van der Waals surface area contributed by atoms with Gasteiger partial charge in [-0.2, -0.15) is 5.10 Å². The normalized spacial score (nSPS) is 11.6. The molecule has 0 bridgehead atoms. The minimum Gasteiger partial charge on any atom is -0.368 e. The van der Waals surface area contributed by atoms with Gasteiger partial charge in [0.2, 0.25) is 5.91 Å². The largest absolute Gasteiger partial charge is 0.368 e. The maximum absolute atomic E-state index is 12.2. The number of hydrogen-bond acceptors (Lipinski definition) is 4. The first kappa shape index (κ1) is 17.1. The quantitative estimate of drug-likeness (QED) is 0.802. The van der Waals surface area contributed by atoms with E-state index in [9.17, 15) is 9.59 Å². The van der Waals surface area contributed by atoms with Gasteiger partial charge in [0.25, 0.3) is 5.56 Å². The van der Waals surface area contributed by atoms with Gasteiger partial charge in [-0.1, -0.05) is 17.5 Å². The van der Waals surface area contributed by atoms with E-state index in [-0.39, 0.29) is 23.2 Å². The Balaban J connectivity index is 3.03. The van der Waals surface area contributed by atoms with Crippen LogP contribution in [0.3, 0.4) is 0 Å². The number of rotatable bonds is 6. The molecule has 7 heteroatoms. The predicted molar refractivity (Wildman–Crippen MR) is 83.4 cm³/mol. The Morgan fingerprint density at radius 1 is 1.57 bits per heavy atom. The van der Waals surface area contributed by atoms with E-state index in [0.717, 1.165) is 4.68 Å². The molecule has 0 aliphatic rings. The highest BCUT2D eigenvalue weighted by Crippen LogP contribution is 2.16. The molecule has 1 rings (SSSR count). The molecule has 1 atom stereocenters. The molecule has 1 amide bonds. The number of likely N-dealkylation sites (N-methyl/N-ethyl adjacent to an activating group) is 1. The third kappa shape index (κ3) is 3.99. The lowest BCUT2D eigenvalue weighted by atomic mass is 10.2. The van der Waals surface area contributed by atoms with E-state index in [0.29, 0.717) is 13.1 Å². The van der Waals surface area contributed by atoms with Crippen LogP contribution in [0.15, 0.2) is 11.0 Å². The van der Waals surface area contributed by atoms with Crippen molar-refractivity contribution in [3.05, 3.63) is 21.6 Å². The smallest absolute Gasteiger partial charge is 0.292 e. The van der Waals surface area contributed by atoms with Gasteiger partial charge < -0.3 is 10.2 Å². The van der Waals surface area contributed by atoms with E-state index >= 15 is 0 Å². The molecule has 0 aliphatic carbocycles. The maximum Gasteiger partial charge on any atom is 0.292 e. The Hall–Kier alpha value is -2.00. The Morgan fingerprint density at radius 2 is 2.19 bits per heavy atom. The van der Waals surface area contributed by atoms with E-state index in [2.05, 4.69) is 16.3 Å². The second-order valence-electron chi connectivity index (χ2n) is 4.41. The number of nitrogens with one attached hydrogen (secondary N) is 1. The number of aromatic nitrogens is 2. The Labute approximate surface area is 129 Å². The Kier molecular flexibility index (Phi) is 6.25. The lowest BCUT2D eigenvalue weighted by Crippen LogP contribution is -2.42. The van der Waals surface area contributed by atoms with Gasteiger partial charge >= 0.3 is 0 Å². The molecule has 0 radical (unpaired) electrons.